The molecule has 0 spiro atoms. The lowest BCUT2D eigenvalue weighted by atomic mass is 10.1. The van der Waals surface area contributed by atoms with E-state index in [1.807, 2.05) is 24.4 Å². The summed E-state index contributed by atoms with van der Waals surface area (Å²) in [6.45, 7) is 0. The Hall–Kier alpha value is -1.70. The summed E-state index contributed by atoms with van der Waals surface area (Å²) < 4.78 is 0. The van der Waals surface area contributed by atoms with Gasteiger partial charge in [0.2, 0.25) is 0 Å². The number of hydrogen-bond donors (Lipinski definition) is 2. The highest BCUT2D eigenvalue weighted by Gasteiger charge is 1.99. The van der Waals surface area contributed by atoms with E-state index >= 15 is 0 Å². The van der Waals surface area contributed by atoms with Gasteiger partial charge in [0.15, 0.2) is 0 Å². The van der Waals surface area contributed by atoms with E-state index in [9.17, 15) is 0 Å². The third-order valence-electron chi connectivity index (χ3n) is 2.15. The minimum Gasteiger partial charge on any atom is -0.405 e. The second-order valence-corrected chi connectivity index (χ2v) is 2.99. The Morgan fingerprint density at radius 3 is 3.00 bits per heavy atom. The minimum absolute atomic E-state index is 0.889. The van der Waals surface area contributed by atoms with Crippen LogP contribution < -0.4 is 5.73 Å². The summed E-state index contributed by atoms with van der Waals surface area (Å²) in [5.74, 6) is 0. The summed E-state index contributed by atoms with van der Waals surface area (Å²) in [5.41, 5.74) is 7.77. The van der Waals surface area contributed by atoms with Crippen molar-refractivity contribution in [1.82, 2.24) is 4.98 Å². The number of aromatic amines is 1. The van der Waals surface area contributed by atoms with E-state index in [0.717, 1.165) is 6.42 Å². The van der Waals surface area contributed by atoms with E-state index in [1.165, 1.54) is 16.5 Å². The Labute approximate surface area is 77.1 Å². The van der Waals surface area contributed by atoms with Gasteiger partial charge in [-0.25, -0.2) is 0 Å². The second-order valence-electron chi connectivity index (χ2n) is 2.99. The van der Waals surface area contributed by atoms with E-state index in [4.69, 9.17) is 5.73 Å². The van der Waals surface area contributed by atoms with Crippen molar-refractivity contribution < 1.29 is 0 Å². The molecule has 0 saturated heterocycles. The number of rotatable bonds is 2. The van der Waals surface area contributed by atoms with Crippen molar-refractivity contribution in [3.8, 4) is 0 Å². The first-order valence-corrected chi connectivity index (χ1v) is 4.33. The Morgan fingerprint density at radius 2 is 2.15 bits per heavy atom. The molecule has 1 aromatic heterocycles. The first-order valence-electron chi connectivity index (χ1n) is 4.33. The molecule has 0 radical (unpaired) electrons. The number of hydrogen-bond acceptors (Lipinski definition) is 1. The molecule has 2 rings (SSSR count). The molecule has 1 aromatic carbocycles. The van der Waals surface area contributed by atoms with Gasteiger partial charge in [0, 0.05) is 17.1 Å². The molecule has 0 unspecified atom stereocenters. The van der Waals surface area contributed by atoms with Crippen LogP contribution >= 0.6 is 0 Å². The lowest BCUT2D eigenvalue weighted by molar-refractivity contribution is 1.27. The molecule has 2 nitrogen and oxygen atoms in total. The fourth-order valence-electron chi connectivity index (χ4n) is 1.50. The predicted molar refractivity (Wildman–Crippen MR) is 55.3 cm³/mol. The maximum atomic E-state index is 5.30. The number of para-hydroxylation sites is 1. The average Bonchev–Trinajstić information content (AvgIpc) is 2.58. The summed E-state index contributed by atoms with van der Waals surface area (Å²) in [4.78, 5) is 3.22. The summed E-state index contributed by atoms with van der Waals surface area (Å²) in [6, 6.07) is 8.27. The summed E-state index contributed by atoms with van der Waals surface area (Å²) >= 11 is 0. The van der Waals surface area contributed by atoms with Crippen LogP contribution in [0.4, 0.5) is 0 Å². The zero-order chi connectivity index (χ0) is 9.10. The second kappa shape index (κ2) is 3.35. The molecule has 2 aromatic rings. The van der Waals surface area contributed by atoms with Crippen molar-refractivity contribution in [3.05, 3.63) is 48.3 Å². The van der Waals surface area contributed by atoms with Gasteiger partial charge in [0.25, 0.3) is 0 Å². The largest absolute Gasteiger partial charge is 0.405 e. The quantitative estimate of drug-likeness (QED) is 0.716. The lowest BCUT2D eigenvalue weighted by Crippen LogP contribution is -1.81. The highest BCUT2D eigenvalue weighted by Crippen LogP contribution is 2.17. The van der Waals surface area contributed by atoms with Crippen LogP contribution in [-0.2, 0) is 6.42 Å². The van der Waals surface area contributed by atoms with E-state index < -0.39 is 0 Å². The Balaban J connectivity index is 2.45. The molecule has 0 saturated carbocycles. The standard InChI is InChI=1S/C11H12N2/c12-7-3-4-9-8-13-11-6-2-1-5-10(9)11/h1-3,5-8,13H,4,12H2. The van der Waals surface area contributed by atoms with E-state index in [2.05, 4.69) is 17.1 Å². The Kier molecular flexibility index (Phi) is 2.04. The number of nitrogens with one attached hydrogen (secondary N) is 1. The minimum atomic E-state index is 0.889. The van der Waals surface area contributed by atoms with Crippen LogP contribution in [0.15, 0.2) is 42.7 Å². The normalized spacial score (nSPS) is 11.4. The topological polar surface area (TPSA) is 41.8 Å². The van der Waals surface area contributed by atoms with E-state index in [1.54, 1.807) is 6.20 Å². The molecule has 0 aliphatic carbocycles. The lowest BCUT2D eigenvalue weighted by Gasteiger charge is -1.92. The SMILES string of the molecule is NC=CCc1c[nH]c2ccccc12. The number of fused-ring (bicyclic) bond motifs is 1. The molecule has 13 heavy (non-hydrogen) atoms. The van der Waals surface area contributed by atoms with E-state index in [0.29, 0.717) is 0 Å². The van der Waals surface area contributed by atoms with Gasteiger partial charge in [-0.2, -0.15) is 0 Å². The molecule has 2 heteroatoms. The number of allylic oxidation sites excluding steroid dienone is 1. The molecular formula is C11H12N2. The summed E-state index contributed by atoms with van der Waals surface area (Å²) in [5, 5.41) is 1.28. The first kappa shape index (κ1) is 7.92. The van der Waals surface area contributed by atoms with Gasteiger partial charge < -0.3 is 10.7 Å². The molecule has 1 heterocycles. The Bertz CT molecular complexity index is 426. The zero-order valence-electron chi connectivity index (χ0n) is 7.33. The number of nitrogens with two attached hydrogens (primary N) is 1. The maximum absolute atomic E-state index is 5.30. The number of aromatic nitrogens is 1. The molecule has 0 aliphatic rings. The van der Waals surface area contributed by atoms with Gasteiger partial charge in [-0.1, -0.05) is 24.3 Å². The van der Waals surface area contributed by atoms with Crippen LogP contribution in [0.2, 0.25) is 0 Å². The highest BCUT2D eigenvalue weighted by molar-refractivity contribution is 5.83. The van der Waals surface area contributed by atoms with Crippen LogP contribution in [0.1, 0.15) is 5.56 Å². The molecule has 0 fully saturated rings. The Morgan fingerprint density at radius 1 is 1.31 bits per heavy atom. The van der Waals surface area contributed by atoms with Crippen molar-refractivity contribution in [2.45, 2.75) is 6.42 Å². The monoisotopic (exact) mass is 172 g/mol. The molecular weight excluding hydrogens is 160 g/mol. The maximum Gasteiger partial charge on any atom is 0.0456 e. The van der Waals surface area contributed by atoms with Crippen molar-refractivity contribution >= 4 is 10.9 Å². The van der Waals surface area contributed by atoms with Crippen LogP contribution in [0.3, 0.4) is 0 Å². The third kappa shape index (κ3) is 1.43. The van der Waals surface area contributed by atoms with Crippen LogP contribution in [0.25, 0.3) is 10.9 Å². The molecule has 3 N–H and O–H groups in total. The molecule has 0 amide bonds. The number of H-pyrrole nitrogens is 1. The molecule has 66 valence electrons. The molecule has 0 bridgehead atoms. The fourth-order valence-corrected chi connectivity index (χ4v) is 1.50. The van der Waals surface area contributed by atoms with Crippen molar-refractivity contribution in [2.75, 3.05) is 0 Å². The van der Waals surface area contributed by atoms with Gasteiger partial charge in [-0.05, 0) is 24.3 Å². The summed E-state index contributed by atoms with van der Waals surface area (Å²) in [7, 11) is 0. The fraction of sp³-hybridized carbons (Fsp3) is 0.0909. The third-order valence-corrected chi connectivity index (χ3v) is 2.15. The van der Waals surface area contributed by atoms with Gasteiger partial charge >= 0.3 is 0 Å². The molecule has 0 aliphatic heterocycles. The van der Waals surface area contributed by atoms with Crippen LogP contribution in [0, 0.1) is 0 Å². The first-order chi connectivity index (χ1) is 6.42. The van der Waals surface area contributed by atoms with Gasteiger partial charge in [-0.15, -0.1) is 0 Å². The number of benzene rings is 1. The average molecular weight is 172 g/mol. The van der Waals surface area contributed by atoms with Crippen molar-refractivity contribution in [2.24, 2.45) is 5.73 Å². The predicted octanol–water partition coefficient (Wildman–Crippen LogP) is 2.18. The van der Waals surface area contributed by atoms with Gasteiger partial charge in [-0.3, -0.25) is 0 Å². The van der Waals surface area contributed by atoms with E-state index in [-0.39, 0.29) is 0 Å². The van der Waals surface area contributed by atoms with Crippen LogP contribution in [-0.4, -0.2) is 4.98 Å². The smallest absolute Gasteiger partial charge is 0.0456 e. The highest BCUT2D eigenvalue weighted by atomic mass is 14.7. The van der Waals surface area contributed by atoms with Crippen molar-refractivity contribution in [3.63, 3.8) is 0 Å². The van der Waals surface area contributed by atoms with Crippen LogP contribution in [0.5, 0.6) is 0 Å². The zero-order valence-corrected chi connectivity index (χ0v) is 7.33. The van der Waals surface area contributed by atoms with Crippen molar-refractivity contribution in [1.29, 1.82) is 0 Å². The van der Waals surface area contributed by atoms with Gasteiger partial charge in [0.05, 0.1) is 0 Å². The summed E-state index contributed by atoms with van der Waals surface area (Å²) in [6.07, 6.45) is 6.46. The molecule has 0 atom stereocenters. The van der Waals surface area contributed by atoms with Gasteiger partial charge in [0.1, 0.15) is 0 Å².